The van der Waals surface area contributed by atoms with Crippen LogP contribution in [0.1, 0.15) is 12.8 Å². The van der Waals surface area contributed by atoms with E-state index in [2.05, 4.69) is 16.3 Å². The molecule has 3 nitrogen and oxygen atoms in total. The largest absolute Gasteiger partial charge is 0.495 e. The van der Waals surface area contributed by atoms with Gasteiger partial charge < -0.3 is 15.0 Å². The molecule has 98 valence electrons. The van der Waals surface area contributed by atoms with E-state index in [1.54, 1.807) is 7.11 Å². The average molecular weight is 267 g/mol. The predicted octanol–water partition coefficient (Wildman–Crippen LogP) is 2.54. The topological polar surface area (TPSA) is 24.5 Å². The second-order valence-corrected chi connectivity index (χ2v) is 5.83. The number of anilines is 1. The quantitative estimate of drug-likeness (QED) is 0.890. The van der Waals surface area contributed by atoms with Gasteiger partial charge in [0.25, 0.3) is 0 Å². The van der Waals surface area contributed by atoms with Gasteiger partial charge in [0.15, 0.2) is 0 Å². The maximum atomic E-state index is 6.17. The minimum atomic E-state index is 0.553. The van der Waals surface area contributed by atoms with Gasteiger partial charge in [-0.05, 0) is 44.1 Å². The van der Waals surface area contributed by atoms with Gasteiger partial charge in [0.2, 0.25) is 0 Å². The van der Waals surface area contributed by atoms with Gasteiger partial charge in [0, 0.05) is 24.2 Å². The van der Waals surface area contributed by atoms with E-state index in [1.165, 1.54) is 18.5 Å². The molecule has 1 aromatic rings. The highest BCUT2D eigenvalue weighted by molar-refractivity contribution is 6.32. The first-order valence-corrected chi connectivity index (χ1v) is 6.89. The molecule has 1 N–H and O–H groups in total. The van der Waals surface area contributed by atoms with Crippen LogP contribution in [0.5, 0.6) is 5.75 Å². The molecule has 0 bridgehead atoms. The summed E-state index contributed by atoms with van der Waals surface area (Å²) in [5.41, 5.74) is 1.77. The summed E-state index contributed by atoms with van der Waals surface area (Å²) in [6.45, 7) is 4.66. The van der Waals surface area contributed by atoms with Crippen molar-refractivity contribution in [2.24, 2.45) is 5.41 Å². The Kier molecular flexibility index (Phi) is 3.12. The highest BCUT2D eigenvalue weighted by Crippen LogP contribution is 2.42. The van der Waals surface area contributed by atoms with Crippen molar-refractivity contribution in [3.63, 3.8) is 0 Å². The van der Waals surface area contributed by atoms with E-state index in [9.17, 15) is 0 Å². The first-order chi connectivity index (χ1) is 8.72. The lowest BCUT2D eigenvalue weighted by Gasteiger charge is -2.53. The number of nitrogens with zero attached hydrogens (tertiary/aromatic N) is 1. The van der Waals surface area contributed by atoms with Gasteiger partial charge in [-0.15, -0.1) is 0 Å². The number of hydrogen-bond donors (Lipinski definition) is 1. The Morgan fingerprint density at radius 2 is 2.00 bits per heavy atom. The minimum absolute atomic E-state index is 0.553. The van der Waals surface area contributed by atoms with Gasteiger partial charge >= 0.3 is 0 Å². The molecule has 1 aromatic carbocycles. The molecule has 0 radical (unpaired) electrons. The molecular weight excluding hydrogens is 248 g/mol. The van der Waals surface area contributed by atoms with E-state index in [0.717, 1.165) is 31.9 Å². The second kappa shape index (κ2) is 4.63. The Bertz CT molecular complexity index is 435. The molecule has 2 aliphatic rings. The van der Waals surface area contributed by atoms with Gasteiger partial charge in [0.05, 0.1) is 12.1 Å². The van der Waals surface area contributed by atoms with Crippen LogP contribution < -0.4 is 15.0 Å². The summed E-state index contributed by atoms with van der Waals surface area (Å²) in [5, 5.41) is 4.13. The van der Waals surface area contributed by atoms with Crippen molar-refractivity contribution >= 4 is 17.3 Å². The van der Waals surface area contributed by atoms with Crippen LogP contribution in [-0.4, -0.2) is 33.3 Å². The number of nitrogens with one attached hydrogen (secondary N) is 1. The number of halogens is 1. The zero-order valence-corrected chi connectivity index (χ0v) is 11.5. The van der Waals surface area contributed by atoms with Crippen LogP contribution in [0, 0.1) is 5.41 Å². The molecule has 0 atom stereocenters. The molecule has 1 spiro atoms. The van der Waals surface area contributed by atoms with Gasteiger partial charge in [-0.2, -0.15) is 0 Å². The maximum absolute atomic E-state index is 6.17. The third-order valence-electron chi connectivity index (χ3n) is 4.22. The monoisotopic (exact) mass is 266 g/mol. The number of hydrogen-bond acceptors (Lipinski definition) is 3. The Hall–Kier alpha value is -0.930. The van der Waals surface area contributed by atoms with Crippen LogP contribution in [0.25, 0.3) is 0 Å². The molecule has 2 heterocycles. The number of piperidine rings is 1. The van der Waals surface area contributed by atoms with Crippen LogP contribution in [0.2, 0.25) is 5.02 Å². The third-order valence-corrected chi connectivity index (χ3v) is 4.51. The lowest BCUT2D eigenvalue weighted by Crippen LogP contribution is -2.60. The summed E-state index contributed by atoms with van der Waals surface area (Å²) in [6, 6.07) is 6.05. The van der Waals surface area contributed by atoms with Crippen LogP contribution in [-0.2, 0) is 0 Å². The Morgan fingerprint density at radius 1 is 1.28 bits per heavy atom. The molecule has 0 saturated carbocycles. The molecule has 0 aromatic heterocycles. The molecule has 4 heteroatoms. The number of benzene rings is 1. The van der Waals surface area contributed by atoms with E-state index in [4.69, 9.17) is 16.3 Å². The Labute approximate surface area is 113 Å². The second-order valence-electron chi connectivity index (χ2n) is 5.42. The van der Waals surface area contributed by atoms with Crippen LogP contribution in [0.15, 0.2) is 18.2 Å². The number of methoxy groups -OCH3 is 1. The van der Waals surface area contributed by atoms with Crippen molar-refractivity contribution in [2.45, 2.75) is 12.8 Å². The first-order valence-electron chi connectivity index (χ1n) is 6.52. The van der Waals surface area contributed by atoms with Crippen molar-refractivity contribution < 1.29 is 4.74 Å². The highest BCUT2D eigenvalue weighted by atomic mass is 35.5. The van der Waals surface area contributed by atoms with Crippen LogP contribution in [0.3, 0.4) is 0 Å². The molecule has 3 rings (SSSR count). The fourth-order valence-electron chi connectivity index (χ4n) is 3.07. The summed E-state index contributed by atoms with van der Waals surface area (Å²) >= 11 is 6.17. The van der Waals surface area contributed by atoms with Crippen molar-refractivity contribution in [3.05, 3.63) is 23.2 Å². The van der Waals surface area contributed by atoms with Gasteiger partial charge in [-0.25, -0.2) is 0 Å². The van der Waals surface area contributed by atoms with Crippen molar-refractivity contribution in [3.8, 4) is 5.75 Å². The SMILES string of the molecule is COc1ccc(N2CC3(CCNCC3)C2)cc1Cl. The molecule has 2 saturated heterocycles. The lowest BCUT2D eigenvalue weighted by molar-refractivity contribution is 0.150. The standard InChI is InChI=1S/C14H19ClN2O/c1-18-13-3-2-11(8-12(13)15)17-9-14(10-17)4-6-16-7-5-14/h2-3,8,16H,4-7,9-10H2,1H3. The van der Waals surface area contributed by atoms with Crippen molar-refractivity contribution in [1.29, 1.82) is 0 Å². The first kappa shape index (κ1) is 12.1. The van der Waals surface area contributed by atoms with Crippen molar-refractivity contribution in [1.82, 2.24) is 5.32 Å². The minimum Gasteiger partial charge on any atom is -0.495 e. The fraction of sp³-hybridized carbons (Fsp3) is 0.571. The Morgan fingerprint density at radius 3 is 2.61 bits per heavy atom. The summed E-state index contributed by atoms with van der Waals surface area (Å²) < 4.78 is 5.18. The van der Waals surface area contributed by atoms with E-state index in [-0.39, 0.29) is 0 Å². The smallest absolute Gasteiger partial charge is 0.137 e. The van der Waals surface area contributed by atoms with Crippen molar-refractivity contribution in [2.75, 3.05) is 38.2 Å². The molecule has 2 fully saturated rings. The average Bonchev–Trinajstić information content (AvgIpc) is 2.37. The third kappa shape index (κ3) is 2.06. The number of rotatable bonds is 2. The van der Waals surface area contributed by atoms with Crippen LogP contribution in [0.4, 0.5) is 5.69 Å². The fourth-order valence-corrected chi connectivity index (χ4v) is 3.32. The Balaban J connectivity index is 1.69. The highest BCUT2D eigenvalue weighted by Gasteiger charge is 2.43. The van der Waals surface area contributed by atoms with E-state index in [1.807, 2.05) is 12.1 Å². The van der Waals surface area contributed by atoms with Crippen LogP contribution >= 0.6 is 11.6 Å². The van der Waals surface area contributed by atoms with Gasteiger partial charge in [-0.3, -0.25) is 0 Å². The van der Waals surface area contributed by atoms with Gasteiger partial charge in [0.1, 0.15) is 5.75 Å². The summed E-state index contributed by atoms with van der Waals surface area (Å²) in [7, 11) is 1.65. The molecule has 0 amide bonds. The predicted molar refractivity (Wildman–Crippen MR) is 74.8 cm³/mol. The summed E-state index contributed by atoms with van der Waals surface area (Å²) in [6.07, 6.45) is 2.60. The molecular formula is C14H19ClN2O. The molecule has 2 aliphatic heterocycles. The molecule has 0 aliphatic carbocycles. The lowest BCUT2D eigenvalue weighted by atomic mass is 9.72. The molecule has 18 heavy (non-hydrogen) atoms. The van der Waals surface area contributed by atoms with E-state index >= 15 is 0 Å². The maximum Gasteiger partial charge on any atom is 0.137 e. The van der Waals surface area contributed by atoms with E-state index < -0.39 is 0 Å². The summed E-state index contributed by atoms with van der Waals surface area (Å²) in [5.74, 6) is 0.748. The van der Waals surface area contributed by atoms with E-state index in [0.29, 0.717) is 10.4 Å². The van der Waals surface area contributed by atoms with Gasteiger partial charge in [-0.1, -0.05) is 11.6 Å². The zero-order chi connectivity index (χ0) is 12.6. The normalized spacial score (nSPS) is 21.8. The molecule has 0 unspecified atom stereocenters. The zero-order valence-electron chi connectivity index (χ0n) is 10.7. The number of ether oxygens (including phenoxy) is 1. The summed E-state index contributed by atoms with van der Waals surface area (Å²) in [4.78, 5) is 2.41.